The van der Waals surface area contributed by atoms with Crippen LogP contribution in [0.4, 0.5) is 17.3 Å². The third kappa shape index (κ3) is 3.07. The number of H-pyrrole nitrogens is 2. The second kappa shape index (κ2) is 6.97. The highest BCUT2D eigenvalue weighted by molar-refractivity contribution is 5.97. The highest BCUT2D eigenvalue weighted by Gasteiger charge is 2.16. The van der Waals surface area contributed by atoms with Crippen LogP contribution in [0.1, 0.15) is 12.8 Å². The first kappa shape index (κ1) is 16.8. The van der Waals surface area contributed by atoms with Gasteiger partial charge in [0.15, 0.2) is 0 Å². The second-order valence-corrected chi connectivity index (χ2v) is 7.04. The molecule has 4 heterocycles. The predicted octanol–water partition coefficient (Wildman–Crippen LogP) is 2.71. The number of hydrogen-bond donors (Lipinski definition) is 5. The number of para-hydroxylation sites is 1. The molecule has 0 spiro atoms. The van der Waals surface area contributed by atoms with Crippen molar-refractivity contribution in [3.63, 3.8) is 0 Å². The maximum absolute atomic E-state index is 12.5. The molecule has 1 aliphatic rings. The molecular formula is C20H21N7O. The molecule has 8 heteroatoms. The lowest BCUT2D eigenvalue weighted by Crippen LogP contribution is -2.38. The number of piperidine rings is 1. The molecule has 1 aliphatic heterocycles. The summed E-state index contributed by atoms with van der Waals surface area (Å²) in [6, 6.07) is 10.1. The van der Waals surface area contributed by atoms with E-state index in [2.05, 4.69) is 30.9 Å². The van der Waals surface area contributed by atoms with E-state index in [1.54, 1.807) is 0 Å². The van der Waals surface area contributed by atoms with Crippen LogP contribution in [0.25, 0.3) is 21.8 Å². The van der Waals surface area contributed by atoms with Gasteiger partial charge in [0, 0.05) is 30.2 Å². The fourth-order valence-electron chi connectivity index (χ4n) is 3.76. The van der Waals surface area contributed by atoms with Crippen molar-refractivity contribution in [3.8, 4) is 0 Å². The van der Waals surface area contributed by atoms with Gasteiger partial charge in [-0.25, -0.2) is 9.97 Å². The molecule has 4 aromatic rings. The maximum Gasteiger partial charge on any atom is 0.262 e. The van der Waals surface area contributed by atoms with Gasteiger partial charge in [-0.15, -0.1) is 0 Å². The molecule has 0 aliphatic carbocycles. The van der Waals surface area contributed by atoms with Crippen LogP contribution in [-0.4, -0.2) is 39.1 Å². The monoisotopic (exact) mass is 375 g/mol. The van der Waals surface area contributed by atoms with Crippen molar-refractivity contribution in [3.05, 3.63) is 53.2 Å². The van der Waals surface area contributed by atoms with E-state index in [-0.39, 0.29) is 5.56 Å². The van der Waals surface area contributed by atoms with Crippen LogP contribution in [-0.2, 0) is 0 Å². The molecule has 0 saturated carbocycles. The Bertz CT molecular complexity index is 1190. The van der Waals surface area contributed by atoms with E-state index in [1.165, 1.54) is 6.33 Å². The standard InChI is InChI=1S/C20H21N7O/c28-20-17-15(23-11-24-20)9-16(25-13-4-2-7-21-10-13)27-19(17)26-14-5-1-3-12-6-8-22-18(12)14/h1,3,5-6,8-9,11,13,21-22H,2,4,7,10H2,(H,23,24,28)(H2,25,26,27)/t13-/m1/s1. The maximum atomic E-state index is 12.5. The second-order valence-electron chi connectivity index (χ2n) is 7.04. The van der Waals surface area contributed by atoms with E-state index >= 15 is 0 Å². The molecule has 0 amide bonds. The molecule has 5 N–H and O–H groups in total. The van der Waals surface area contributed by atoms with Gasteiger partial charge in [-0.3, -0.25) is 4.79 Å². The number of rotatable bonds is 4. The Labute approximate surface area is 160 Å². The van der Waals surface area contributed by atoms with Gasteiger partial charge in [0.1, 0.15) is 17.0 Å². The van der Waals surface area contributed by atoms with Crippen molar-refractivity contribution in [1.29, 1.82) is 0 Å². The quantitative estimate of drug-likeness (QED) is 0.375. The first-order chi connectivity index (χ1) is 13.8. The Morgan fingerprint density at radius 2 is 2.14 bits per heavy atom. The molecule has 3 aromatic heterocycles. The van der Waals surface area contributed by atoms with Gasteiger partial charge < -0.3 is 25.9 Å². The molecule has 1 fully saturated rings. The molecular weight excluding hydrogens is 354 g/mol. The van der Waals surface area contributed by atoms with E-state index in [1.807, 2.05) is 36.5 Å². The molecule has 1 aromatic carbocycles. The smallest absolute Gasteiger partial charge is 0.262 e. The van der Waals surface area contributed by atoms with Gasteiger partial charge in [0.05, 0.1) is 23.0 Å². The minimum absolute atomic E-state index is 0.218. The zero-order valence-electron chi connectivity index (χ0n) is 15.2. The predicted molar refractivity (Wildman–Crippen MR) is 111 cm³/mol. The summed E-state index contributed by atoms with van der Waals surface area (Å²) in [5.41, 5.74) is 2.21. The summed E-state index contributed by atoms with van der Waals surface area (Å²) in [6.07, 6.45) is 5.53. The Hall–Kier alpha value is -3.39. The third-order valence-electron chi connectivity index (χ3n) is 5.11. The summed E-state index contributed by atoms with van der Waals surface area (Å²) in [5, 5.41) is 11.7. The Morgan fingerprint density at radius 1 is 1.18 bits per heavy atom. The minimum Gasteiger partial charge on any atom is -0.366 e. The Kier molecular flexibility index (Phi) is 4.17. The minimum atomic E-state index is -0.218. The van der Waals surface area contributed by atoms with Gasteiger partial charge in [-0.1, -0.05) is 12.1 Å². The fraction of sp³-hybridized carbons (Fsp3) is 0.250. The lowest BCUT2D eigenvalue weighted by molar-refractivity contribution is 0.479. The largest absolute Gasteiger partial charge is 0.366 e. The van der Waals surface area contributed by atoms with Gasteiger partial charge >= 0.3 is 0 Å². The van der Waals surface area contributed by atoms with E-state index in [0.29, 0.717) is 28.6 Å². The van der Waals surface area contributed by atoms with Crippen molar-refractivity contribution in [2.24, 2.45) is 0 Å². The van der Waals surface area contributed by atoms with Crippen LogP contribution in [0.5, 0.6) is 0 Å². The lowest BCUT2D eigenvalue weighted by atomic mass is 10.1. The Balaban J connectivity index is 1.59. The normalized spacial score (nSPS) is 17.1. The molecule has 0 bridgehead atoms. The van der Waals surface area contributed by atoms with Crippen molar-refractivity contribution in [2.75, 3.05) is 23.7 Å². The van der Waals surface area contributed by atoms with E-state index in [9.17, 15) is 4.79 Å². The van der Waals surface area contributed by atoms with Gasteiger partial charge in [-0.05, 0) is 31.5 Å². The van der Waals surface area contributed by atoms with Crippen LogP contribution in [0.2, 0.25) is 0 Å². The molecule has 0 radical (unpaired) electrons. The van der Waals surface area contributed by atoms with Crippen LogP contribution in [0.15, 0.2) is 47.7 Å². The molecule has 0 unspecified atom stereocenters. The number of benzene rings is 1. The summed E-state index contributed by atoms with van der Waals surface area (Å²) in [5.74, 6) is 1.20. The van der Waals surface area contributed by atoms with E-state index in [0.717, 1.165) is 42.5 Å². The Morgan fingerprint density at radius 3 is 3.04 bits per heavy atom. The zero-order chi connectivity index (χ0) is 18.9. The average molecular weight is 375 g/mol. The first-order valence-corrected chi connectivity index (χ1v) is 9.47. The van der Waals surface area contributed by atoms with Gasteiger partial charge in [-0.2, -0.15) is 0 Å². The number of aromatic amines is 2. The van der Waals surface area contributed by atoms with E-state index < -0.39 is 0 Å². The van der Waals surface area contributed by atoms with Crippen molar-refractivity contribution in [2.45, 2.75) is 18.9 Å². The molecule has 142 valence electrons. The summed E-state index contributed by atoms with van der Waals surface area (Å²) in [7, 11) is 0. The third-order valence-corrected chi connectivity index (χ3v) is 5.11. The molecule has 5 rings (SSSR count). The number of nitrogens with one attached hydrogen (secondary N) is 5. The number of fused-ring (bicyclic) bond motifs is 2. The van der Waals surface area contributed by atoms with Crippen LogP contribution < -0.4 is 21.5 Å². The van der Waals surface area contributed by atoms with Gasteiger partial charge in [0.2, 0.25) is 0 Å². The number of hydrogen-bond acceptors (Lipinski definition) is 6. The molecule has 8 nitrogen and oxygen atoms in total. The highest BCUT2D eigenvalue weighted by atomic mass is 16.1. The van der Waals surface area contributed by atoms with Crippen LogP contribution in [0.3, 0.4) is 0 Å². The number of pyridine rings is 1. The highest BCUT2D eigenvalue weighted by Crippen LogP contribution is 2.28. The topological polar surface area (TPSA) is 111 Å². The summed E-state index contributed by atoms with van der Waals surface area (Å²) in [4.78, 5) is 27.4. The van der Waals surface area contributed by atoms with Crippen molar-refractivity contribution >= 4 is 39.1 Å². The van der Waals surface area contributed by atoms with Crippen LogP contribution >= 0.6 is 0 Å². The number of aromatic nitrogens is 4. The van der Waals surface area contributed by atoms with Gasteiger partial charge in [0.25, 0.3) is 5.56 Å². The molecule has 28 heavy (non-hydrogen) atoms. The van der Waals surface area contributed by atoms with Crippen LogP contribution in [0, 0.1) is 0 Å². The molecule has 1 saturated heterocycles. The lowest BCUT2D eigenvalue weighted by Gasteiger charge is -2.24. The molecule has 1 atom stereocenters. The van der Waals surface area contributed by atoms with E-state index in [4.69, 9.17) is 4.98 Å². The number of nitrogens with zero attached hydrogens (tertiary/aromatic N) is 2. The summed E-state index contributed by atoms with van der Waals surface area (Å²) in [6.45, 7) is 1.94. The summed E-state index contributed by atoms with van der Waals surface area (Å²) >= 11 is 0. The summed E-state index contributed by atoms with van der Waals surface area (Å²) < 4.78 is 0. The zero-order valence-corrected chi connectivity index (χ0v) is 15.2. The SMILES string of the molecule is O=c1[nH]cnc2cc(N[C@@H]3CCCNC3)nc(Nc3cccc4cc[nH]c34)c12. The average Bonchev–Trinajstić information content (AvgIpc) is 3.19. The first-order valence-electron chi connectivity index (χ1n) is 9.47. The fourth-order valence-corrected chi connectivity index (χ4v) is 3.76. The number of anilines is 3. The van der Waals surface area contributed by atoms with Crippen molar-refractivity contribution < 1.29 is 0 Å². The van der Waals surface area contributed by atoms with Crippen molar-refractivity contribution in [1.82, 2.24) is 25.3 Å².